The van der Waals surface area contributed by atoms with Crippen LogP contribution in [0.5, 0.6) is 0 Å². The van der Waals surface area contributed by atoms with E-state index in [9.17, 15) is 4.79 Å². The summed E-state index contributed by atoms with van der Waals surface area (Å²) >= 11 is 0. The van der Waals surface area contributed by atoms with E-state index in [4.69, 9.17) is 0 Å². The van der Waals surface area contributed by atoms with Crippen molar-refractivity contribution in [3.05, 3.63) is 35.1 Å². The average molecular weight is 302 g/mol. The average Bonchev–Trinajstić information content (AvgIpc) is 2.98. The molecule has 1 aliphatic heterocycles. The minimum atomic E-state index is -0.149. The number of rotatable bonds is 5. The van der Waals surface area contributed by atoms with Crippen molar-refractivity contribution in [2.45, 2.75) is 25.8 Å². The highest BCUT2D eigenvalue weighted by Crippen LogP contribution is 2.11. The van der Waals surface area contributed by atoms with Crippen LogP contribution in [0.3, 0.4) is 0 Å². The zero-order valence-corrected chi connectivity index (χ0v) is 12.9. The van der Waals surface area contributed by atoms with Gasteiger partial charge in [0.25, 0.3) is 5.56 Å². The monoisotopic (exact) mass is 302 g/mol. The molecule has 22 heavy (non-hydrogen) atoms. The number of nitrogens with zero attached hydrogens (tertiary/aromatic N) is 5. The molecule has 0 aliphatic carbocycles. The van der Waals surface area contributed by atoms with Crippen LogP contribution < -0.4 is 10.9 Å². The third-order valence-electron chi connectivity index (χ3n) is 4.01. The van der Waals surface area contributed by atoms with Gasteiger partial charge in [-0.15, -0.1) is 0 Å². The number of piperidine rings is 1. The van der Waals surface area contributed by atoms with Crippen molar-refractivity contribution in [1.82, 2.24) is 24.2 Å². The van der Waals surface area contributed by atoms with Crippen LogP contribution in [0.25, 0.3) is 0 Å². The molecule has 7 nitrogen and oxygen atoms in total. The largest absolute Gasteiger partial charge is 0.333 e. The first-order valence-corrected chi connectivity index (χ1v) is 7.76. The fourth-order valence-electron chi connectivity index (χ4n) is 2.70. The number of likely N-dealkylation sites (tertiary alicyclic amines) is 1. The molecule has 2 aromatic heterocycles. The Morgan fingerprint density at radius 1 is 1.23 bits per heavy atom. The van der Waals surface area contributed by atoms with Crippen molar-refractivity contribution in [3.63, 3.8) is 0 Å². The van der Waals surface area contributed by atoms with E-state index >= 15 is 0 Å². The fraction of sp³-hybridized carbons (Fsp3) is 0.533. The molecule has 0 atom stereocenters. The van der Waals surface area contributed by atoms with E-state index in [1.807, 2.05) is 10.9 Å². The van der Waals surface area contributed by atoms with Crippen molar-refractivity contribution < 1.29 is 0 Å². The molecule has 1 saturated heterocycles. The molecule has 0 spiro atoms. The molecule has 118 valence electrons. The van der Waals surface area contributed by atoms with Crippen LogP contribution >= 0.6 is 0 Å². The van der Waals surface area contributed by atoms with E-state index in [0.29, 0.717) is 5.82 Å². The second-order valence-electron chi connectivity index (χ2n) is 5.71. The summed E-state index contributed by atoms with van der Waals surface area (Å²) in [5, 5.41) is 7.37. The van der Waals surface area contributed by atoms with Crippen molar-refractivity contribution in [2.75, 3.05) is 25.0 Å². The van der Waals surface area contributed by atoms with E-state index in [1.165, 1.54) is 36.9 Å². The molecule has 0 saturated carbocycles. The van der Waals surface area contributed by atoms with E-state index in [2.05, 4.69) is 20.3 Å². The molecule has 2 aromatic rings. The summed E-state index contributed by atoms with van der Waals surface area (Å²) in [6, 6.07) is 0. The molecule has 0 radical (unpaired) electrons. The van der Waals surface area contributed by atoms with Crippen LogP contribution in [0, 0.1) is 0 Å². The molecule has 1 N–H and O–H groups in total. The zero-order chi connectivity index (χ0) is 15.4. The van der Waals surface area contributed by atoms with Crippen molar-refractivity contribution in [3.8, 4) is 0 Å². The maximum atomic E-state index is 11.9. The van der Waals surface area contributed by atoms with Gasteiger partial charge < -0.3 is 14.8 Å². The van der Waals surface area contributed by atoms with E-state index in [1.54, 1.807) is 25.6 Å². The SMILES string of the molecule is Cn1ccnc(Nc2cnn(CCN3CCCCC3)c2)c1=O. The van der Waals surface area contributed by atoms with E-state index in [-0.39, 0.29) is 5.56 Å². The van der Waals surface area contributed by atoms with Crippen molar-refractivity contribution >= 4 is 11.5 Å². The number of hydrogen-bond acceptors (Lipinski definition) is 5. The Morgan fingerprint density at radius 2 is 2.05 bits per heavy atom. The fourth-order valence-corrected chi connectivity index (χ4v) is 2.70. The van der Waals surface area contributed by atoms with Gasteiger partial charge in [0.05, 0.1) is 18.4 Å². The van der Waals surface area contributed by atoms with Gasteiger partial charge in [-0.2, -0.15) is 5.10 Å². The maximum absolute atomic E-state index is 11.9. The van der Waals surface area contributed by atoms with E-state index in [0.717, 1.165) is 18.8 Å². The molecule has 3 rings (SSSR count). The minimum absolute atomic E-state index is 0.149. The molecule has 0 aromatic carbocycles. The van der Waals surface area contributed by atoms with Gasteiger partial charge in [-0.05, 0) is 25.9 Å². The van der Waals surface area contributed by atoms with Gasteiger partial charge >= 0.3 is 0 Å². The Bertz CT molecular complexity index is 671. The molecule has 0 amide bonds. The quantitative estimate of drug-likeness (QED) is 0.899. The summed E-state index contributed by atoms with van der Waals surface area (Å²) in [7, 11) is 1.71. The Hall–Kier alpha value is -2.15. The molecule has 1 fully saturated rings. The normalized spacial score (nSPS) is 15.9. The van der Waals surface area contributed by atoms with Crippen LogP contribution in [0.1, 0.15) is 19.3 Å². The highest BCUT2D eigenvalue weighted by Gasteiger charge is 2.10. The van der Waals surface area contributed by atoms with Crippen LogP contribution in [-0.4, -0.2) is 43.9 Å². The maximum Gasteiger partial charge on any atom is 0.293 e. The molecule has 1 aliphatic rings. The highest BCUT2D eigenvalue weighted by atomic mass is 16.1. The second-order valence-corrected chi connectivity index (χ2v) is 5.71. The predicted molar refractivity (Wildman–Crippen MR) is 85.3 cm³/mol. The molecular formula is C15H22N6O. The molecular weight excluding hydrogens is 280 g/mol. The standard InChI is InChI=1S/C15H22N6O/c1-19-8-5-16-14(15(19)22)18-13-11-17-21(12-13)10-9-20-6-3-2-4-7-20/h5,8,11-12H,2-4,6-7,9-10H2,1H3,(H,16,18). The number of nitrogens with one attached hydrogen (secondary N) is 1. The van der Waals surface area contributed by atoms with Crippen LogP contribution in [0.2, 0.25) is 0 Å². The van der Waals surface area contributed by atoms with Gasteiger partial charge in [0.15, 0.2) is 5.82 Å². The van der Waals surface area contributed by atoms with Crippen molar-refractivity contribution in [1.29, 1.82) is 0 Å². The molecule has 3 heterocycles. The van der Waals surface area contributed by atoms with Crippen LogP contribution in [-0.2, 0) is 13.6 Å². The van der Waals surface area contributed by atoms with Gasteiger partial charge in [0, 0.05) is 32.2 Å². The van der Waals surface area contributed by atoms with Gasteiger partial charge in [0.2, 0.25) is 0 Å². The van der Waals surface area contributed by atoms with Crippen LogP contribution in [0.4, 0.5) is 11.5 Å². The number of hydrogen-bond donors (Lipinski definition) is 1. The lowest BCUT2D eigenvalue weighted by Gasteiger charge is -2.26. The van der Waals surface area contributed by atoms with Gasteiger partial charge in [-0.25, -0.2) is 4.98 Å². The Kier molecular flexibility index (Phi) is 4.53. The Balaban J connectivity index is 1.59. The smallest absolute Gasteiger partial charge is 0.293 e. The van der Waals surface area contributed by atoms with E-state index < -0.39 is 0 Å². The number of anilines is 2. The van der Waals surface area contributed by atoms with Crippen molar-refractivity contribution in [2.24, 2.45) is 7.05 Å². The highest BCUT2D eigenvalue weighted by molar-refractivity contribution is 5.52. The molecule has 0 bridgehead atoms. The number of aromatic nitrogens is 4. The lowest BCUT2D eigenvalue weighted by Crippen LogP contribution is -2.32. The third kappa shape index (κ3) is 3.54. The molecule has 7 heteroatoms. The number of aryl methyl sites for hydroxylation is 1. The summed E-state index contributed by atoms with van der Waals surface area (Å²) in [6.45, 7) is 4.26. The zero-order valence-electron chi connectivity index (χ0n) is 12.9. The minimum Gasteiger partial charge on any atom is -0.333 e. The Morgan fingerprint density at radius 3 is 2.86 bits per heavy atom. The third-order valence-corrected chi connectivity index (χ3v) is 4.01. The lowest BCUT2D eigenvalue weighted by molar-refractivity contribution is 0.218. The summed E-state index contributed by atoms with van der Waals surface area (Å²) in [5.74, 6) is 0.320. The first kappa shape index (κ1) is 14.8. The van der Waals surface area contributed by atoms with Gasteiger partial charge in [-0.3, -0.25) is 9.48 Å². The first-order valence-electron chi connectivity index (χ1n) is 7.76. The summed E-state index contributed by atoms with van der Waals surface area (Å²) in [4.78, 5) is 18.5. The van der Waals surface area contributed by atoms with Gasteiger partial charge in [-0.1, -0.05) is 6.42 Å². The van der Waals surface area contributed by atoms with Gasteiger partial charge in [0.1, 0.15) is 0 Å². The summed E-state index contributed by atoms with van der Waals surface area (Å²) in [5.41, 5.74) is 0.637. The Labute approximate surface area is 129 Å². The topological polar surface area (TPSA) is 68.0 Å². The van der Waals surface area contributed by atoms with Crippen LogP contribution in [0.15, 0.2) is 29.6 Å². The second kappa shape index (κ2) is 6.74. The summed E-state index contributed by atoms with van der Waals surface area (Å²) in [6.07, 6.45) is 10.8. The lowest BCUT2D eigenvalue weighted by atomic mass is 10.1. The predicted octanol–water partition coefficient (Wildman–Crippen LogP) is 1.21. The summed E-state index contributed by atoms with van der Waals surface area (Å²) < 4.78 is 3.40. The first-order chi connectivity index (χ1) is 10.7. The molecule has 0 unspecified atom stereocenters.